The van der Waals surface area contributed by atoms with Crippen molar-refractivity contribution >= 4 is 54.7 Å². The summed E-state index contributed by atoms with van der Waals surface area (Å²) in [6, 6.07) is 84.2. The molecule has 2 aliphatic rings. The van der Waals surface area contributed by atoms with Crippen LogP contribution in [0.25, 0.3) is 133 Å². The standard InChI is InChI=1S/C68H44/c1-4-12-43(13-5-1)52-34-55(57-36-53(44-14-6-2-7-15-44)39-59(41-57)61-30-26-50-24-22-46-18-10-20-48-28-32-63(61)67(50)65(46)48)38-56(35-52)58-37-54(45-16-8-3-9-17-45)40-60(42-58)62-31-27-51-25-23-47-19-11-21-49-29-33-64(62)68(51)66(47)49/h1-18,20-24,26-42H,19,25H2. The van der Waals surface area contributed by atoms with Crippen molar-refractivity contribution < 1.29 is 0 Å². The molecular formula is C68H44. The Morgan fingerprint density at radius 2 is 0.706 bits per heavy atom. The van der Waals surface area contributed by atoms with Gasteiger partial charge >= 0.3 is 0 Å². The van der Waals surface area contributed by atoms with Gasteiger partial charge in [-0.05, 0) is 211 Å². The summed E-state index contributed by atoms with van der Waals surface area (Å²) < 4.78 is 0. The second-order valence-electron chi connectivity index (χ2n) is 18.7. The third-order valence-corrected chi connectivity index (χ3v) is 14.8. The summed E-state index contributed by atoms with van der Waals surface area (Å²) in [5.41, 5.74) is 22.5. The van der Waals surface area contributed by atoms with Gasteiger partial charge in [0.1, 0.15) is 0 Å². The van der Waals surface area contributed by atoms with E-state index in [0.29, 0.717) is 0 Å². The molecule has 12 aromatic rings. The van der Waals surface area contributed by atoms with E-state index in [-0.39, 0.29) is 0 Å². The lowest BCUT2D eigenvalue weighted by Gasteiger charge is -2.24. The van der Waals surface area contributed by atoms with Crippen LogP contribution in [0.2, 0.25) is 0 Å². The van der Waals surface area contributed by atoms with Gasteiger partial charge in [-0.1, -0.05) is 188 Å². The summed E-state index contributed by atoms with van der Waals surface area (Å²) in [4.78, 5) is 0. The molecule has 0 heteroatoms. The molecule has 0 N–H and O–H groups in total. The topological polar surface area (TPSA) is 0 Å². The lowest BCUT2D eigenvalue weighted by Crippen LogP contribution is -2.03. The molecule has 0 heterocycles. The van der Waals surface area contributed by atoms with Crippen LogP contribution in [0.1, 0.15) is 23.1 Å². The summed E-state index contributed by atoms with van der Waals surface area (Å²) in [7, 11) is 0. The Balaban J connectivity index is 1.00. The van der Waals surface area contributed by atoms with Gasteiger partial charge in [0.15, 0.2) is 0 Å². The van der Waals surface area contributed by atoms with E-state index < -0.39 is 0 Å². The van der Waals surface area contributed by atoms with E-state index in [1.54, 1.807) is 0 Å². The van der Waals surface area contributed by atoms with Crippen molar-refractivity contribution in [1.29, 1.82) is 0 Å². The Bertz CT molecular complexity index is 4020. The lowest BCUT2D eigenvalue weighted by molar-refractivity contribution is 1.23. The van der Waals surface area contributed by atoms with Crippen LogP contribution in [0.3, 0.4) is 0 Å². The van der Waals surface area contributed by atoms with Crippen molar-refractivity contribution in [2.75, 3.05) is 0 Å². The van der Waals surface area contributed by atoms with Gasteiger partial charge in [-0.15, -0.1) is 0 Å². The van der Waals surface area contributed by atoms with Crippen LogP contribution in [-0.2, 0) is 6.42 Å². The van der Waals surface area contributed by atoms with Gasteiger partial charge in [-0.25, -0.2) is 0 Å². The maximum atomic E-state index is 2.44. The van der Waals surface area contributed by atoms with Gasteiger partial charge in [-0.2, -0.15) is 0 Å². The summed E-state index contributed by atoms with van der Waals surface area (Å²) in [5.74, 6) is 0. The van der Waals surface area contributed by atoms with Crippen molar-refractivity contribution in [2.24, 2.45) is 0 Å². The first kappa shape index (κ1) is 38.7. The van der Waals surface area contributed by atoms with Crippen LogP contribution in [-0.4, -0.2) is 0 Å². The van der Waals surface area contributed by atoms with E-state index in [0.717, 1.165) is 12.8 Å². The zero-order chi connectivity index (χ0) is 44.7. The average molecular weight is 861 g/mol. The first-order chi connectivity index (χ1) is 33.7. The normalized spacial score (nSPS) is 12.9. The SMILES string of the molecule is C1=Cc2ccc3c(-c4cc(-c5ccccc5)cc(-c5cc(-c6ccccc6)cc(-c6cc(-c7ccccc7)cc(-c7ccc8ccc9cccc%10ccc7c8c9%10)c6)c5)c4)ccc4c3c2C(=CC4)C1. The molecular weight excluding hydrogens is 817 g/mol. The maximum Gasteiger partial charge on any atom is -0.00206 e. The molecule has 2 aliphatic carbocycles. The molecule has 316 valence electrons. The Hall–Kier alpha value is -8.58. The van der Waals surface area contributed by atoms with Crippen molar-refractivity contribution in [3.63, 3.8) is 0 Å². The largest absolute Gasteiger partial charge is 0.0795 e. The number of benzene rings is 12. The zero-order valence-electron chi connectivity index (χ0n) is 37.5. The predicted octanol–water partition coefficient (Wildman–Crippen LogP) is 18.8. The average Bonchev–Trinajstić information content (AvgIpc) is 3.42. The molecule has 0 unspecified atom stereocenters. The fraction of sp³-hybridized carbons (Fsp3) is 0.0294. The minimum atomic E-state index is 0.977. The molecule has 14 rings (SSSR count). The zero-order valence-corrected chi connectivity index (χ0v) is 37.5. The summed E-state index contributed by atoms with van der Waals surface area (Å²) in [5, 5.41) is 10.5. The highest BCUT2D eigenvalue weighted by atomic mass is 14.3. The van der Waals surface area contributed by atoms with Crippen LogP contribution >= 0.6 is 0 Å². The summed E-state index contributed by atoms with van der Waals surface area (Å²) in [6.45, 7) is 0. The van der Waals surface area contributed by atoms with Crippen molar-refractivity contribution in [1.82, 2.24) is 0 Å². The van der Waals surface area contributed by atoms with Crippen molar-refractivity contribution in [3.05, 3.63) is 253 Å². The fourth-order valence-corrected chi connectivity index (χ4v) is 11.5. The van der Waals surface area contributed by atoms with Gasteiger partial charge in [0.05, 0.1) is 0 Å². The van der Waals surface area contributed by atoms with Crippen molar-refractivity contribution in [2.45, 2.75) is 12.8 Å². The molecule has 0 bridgehead atoms. The van der Waals surface area contributed by atoms with E-state index in [1.807, 2.05) is 0 Å². The first-order valence-electron chi connectivity index (χ1n) is 23.9. The third kappa shape index (κ3) is 6.37. The highest BCUT2D eigenvalue weighted by Gasteiger charge is 2.22. The van der Waals surface area contributed by atoms with Crippen LogP contribution in [0.4, 0.5) is 0 Å². The van der Waals surface area contributed by atoms with E-state index in [9.17, 15) is 0 Å². The summed E-state index contributed by atoms with van der Waals surface area (Å²) in [6.07, 6.45) is 9.04. The second kappa shape index (κ2) is 15.5. The van der Waals surface area contributed by atoms with Crippen LogP contribution in [0, 0.1) is 0 Å². The monoisotopic (exact) mass is 860 g/mol. The molecule has 0 nitrogen and oxygen atoms in total. The molecule has 0 amide bonds. The van der Waals surface area contributed by atoms with Crippen LogP contribution < -0.4 is 0 Å². The van der Waals surface area contributed by atoms with Crippen LogP contribution in [0.5, 0.6) is 0 Å². The Morgan fingerprint density at radius 3 is 1.25 bits per heavy atom. The van der Waals surface area contributed by atoms with E-state index >= 15 is 0 Å². The Labute approximate surface area is 396 Å². The lowest BCUT2D eigenvalue weighted by atomic mass is 9.79. The minimum absolute atomic E-state index is 0.977. The maximum absolute atomic E-state index is 2.44. The first-order valence-corrected chi connectivity index (χ1v) is 23.9. The number of hydrogen-bond acceptors (Lipinski definition) is 0. The highest BCUT2D eigenvalue weighted by Crippen LogP contribution is 2.46. The van der Waals surface area contributed by atoms with E-state index in [4.69, 9.17) is 0 Å². The Morgan fingerprint density at radius 1 is 0.279 bits per heavy atom. The number of allylic oxidation sites excluding steroid dienone is 3. The summed E-state index contributed by atoms with van der Waals surface area (Å²) >= 11 is 0. The number of rotatable bonds is 7. The van der Waals surface area contributed by atoms with Crippen molar-refractivity contribution in [3.8, 4) is 77.9 Å². The predicted molar refractivity (Wildman–Crippen MR) is 291 cm³/mol. The van der Waals surface area contributed by atoms with Gasteiger partial charge in [0, 0.05) is 0 Å². The molecule has 0 spiro atoms. The van der Waals surface area contributed by atoms with E-state index in [2.05, 4.69) is 243 Å². The number of hydrogen-bond donors (Lipinski definition) is 0. The highest BCUT2D eigenvalue weighted by molar-refractivity contribution is 6.25. The third-order valence-electron chi connectivity index (χ3n) is 14.8. The van der Waals surface area contributed by atoms with Gasteiger partial charge < -0.3 is 0 Å². The molecule has 0 radical (unpaired) electrons. The molecule has 12 aromatic carbocycles. The fourth-order valence-electron chi connectivity index (χ4n) is 11.5. The molecule has 0 aliphatic heterocycles. The van der Waals surface area contributed by atoms with E-state index in [1.165, 1.54) is 143 Å². The molecule has 0 saturated heterocycles. The van der Waals surface area contributed by atoms with Gasteiger partial charge in [0.25, 0.3) is 0 Å². The molecule has 0 aromatic heterocycles. The smallest absolute Gasteiger partial charge is 0.00206 e. The minimum Gasteiger partial charge on any atom is -0.0795 e. The van der Waals surface area contributed by atoms with Gasteiger partial charge in [-0.3, -0.25) is 0 Å². The molecule has 68 heavy (non-hydrogen) atoms. The Kier molecular flexibility index (Phi) is 8.82. The molecule has 0 atom stereocenters. The molecule has 0 fully saturated rings. The second-order valence-corrected chi connectivity index (χ2v) is 18.7. The van der Waals surface area contributed by atoms with Crippen LogP contribution in [0.15, 0.2) is 237 Å². The van der Waals surface area contributed by atoms with Gasteiger partial charge in [0.2, 0.25) is 0 Å². The quantitative estimate of drug-likeness (QED) is 0.140. The molecule has 0 saturated carbocycles.